The van der Waals surface area contributed by atoms with E-state index < -0.39 is 0 Å². The van der Waals surface area contributed by atoms with Gasteiger partial charge in [0.05, 0.1) is 18.3 Å². The van der Waals surface area contributed by atoms with Gasteiger partial charge in [0, 0.05) is 7.05 Å². The molecule has 0 radical (unpaired) electrons. The quantitative estimate of drug-likeness (QED) is 0.886. The normalized spacial score (nSPS) is 10.0. The van der Waals surface area contributed by atoms with Gasteiger partial charge < -0.3 is 10.6 Å². The minimum atomic E-state index is -0.342. The van der Waals surface area contributed by atoms with Crippen molar-refractivity contribution in [3.05, 3.63) is 54.0 Å². The molecule has 1 aromatic carbocycles. The number of carbonyl (C=O) groups excluding carboxylic acids is 1. The van der Waals surface area contributed by atoms with Crippen LogP contribution >= 0.6 is 0 Å². The van der Waals surface area contributed by atoms with Gasteiger partial charge in [0.25, 0.3) is 0 Å². The van der Waals surface area contributed by atoms with Gasteiger partial charge in [-0.05, 0) is 29.8 Å². The first-order valence-electron chi connectivity index (χ1n) is 5.85. The molecule has 98 valence electrons. The summed E-state index contributed by atoms with van der Waals surface area (Å²) >= 11 is 0. The van der Waals surface area contributed by atoms with E-state index in [1.165, 1.54) is 12.1 Å². The highest BCUT2D eigenvalue weighted by Crippen LogP contribution is 2.10. The van der Waals surface area contributed by atoms with E-state index in [1.807, 2.05) is 0 Å². The summed E-state index contributed by atoms with van der Waals surface area (Å²) in [6.07, 6.45) is 1.70. The number of pyridine rings is 1. The SMILES string of the molecule is CNc1ccc(NC(=O)Cc2cccc(F)c2)cn1. The maximum atomic E-state index is 13.0. The van der Waals surface area contributed by atoms with Gasteiger partial charge in [-0.15, -0.1) is 0 Å². The van der Waals surface area contributed by atoms with Gasteiger partial charge >= 0.3 is 0 Å². The Labute approximate surface area is 110 Å². The van der Waals surface area contributed by atoms with Gasteiger partial charge in [-0.2, -0.15) is 0 Å². The fourth-order valence-electron chi connectivity index (χ4n) is 1.65. The fourth-order valence-corrected chi connectivity index (χ4v) is 1.65. The molecule has 0 saturated carbocycles. The Kier molecular flexibility index (Phi) is 4.07. The van der Waals surface area contributed by atoms with E-state index in [-0.39, 0.29) is 18.1 Å². The van der Waals surface area contributed by atoms with Crippen LogP contribution in [0.2, 0.25) is 0 Å². The molecule has 0 bridgehead atoms. The van der Waals surface area contributed by atoms with Crippen LogP contribution in [-0.4, -0.2) is 17.9 Å². The molecule has 5 heteroatoms. The van der Waals surface area contributed by atoms with Gasteiger partial charge in [0.2, 0.25) is 5.91 Å². The lowest BCUT2D eigenvalue weighted by molar-refractivity contribution is -0.115. The average Bonchev–Trinajstić information content (AvgIpc) is 2.39. The summed E-state index contributed by atoms with van der Waals surface area (Å²) < 4.78 is 13.0. The third-order valence-corrected chi connectivity index (χ3v) is 2.56. The van der Waals surface area contributed by atoms with Crippen molar-refractivity contribution in [3.8, 4) is 0 Å². The Morgan fingerprint density at radius 2 is 2.16 bits per heavy atom. The third-order valence-electron chi connectivity index (χ3n) is 2.56. The Hall–Kier alpha value is -2.43. The number of amides is 1. The number of aromatic nitrogens is 1. The summed E-state index contributed by atoms with van der Waals surface area (Å²) in [5.41, 5.74) is 1.25. The van der Waals surface area contributed by atoms with E-state index in [1.54, 1.807) is 37.5 Å². The van der Waals surface area contributed by atoms with Crippen molar-refractivity contribution in [2.24, 2.45) is 0 Å². The second-order valence-corrected chi connectivity index (χ2v) is 4.04. The number of hydrogen-bond donors (Lipinski definition) is 2. The maximum Gasteiger partial charge on any atom is 0.228 e. The number of nitrogens with one attached hydrogen (secondary N) is 2. The molecule has 0 spiro atoms. The van der Waals surface area contributed by atoms with E-state index in [4.69, 9.17) is 0 Å². The zero-order chi connectivity index (χ0) is 13.7. The second kappa shape index (κ2) is 5.95. The monoisotopic (exact) mass is 259 g/mol. The lowest BCUT2D eigenvalue weighted by atomic mass is 10.1. The van der Waals surface area contributed by atoms with Crippen molar-refractivity contribution in [1.29, 1.82) is 0 Å². The molecule has 1 amide bonds. The Morgan fingerprint density at radius 1 is 1.32 bits per heavy atom. The first-order valence-corrected chi connectivity index (χ1v) is 5.85. The van der Waals surface area contributed by atoms with Crippen LogP contribution in [0.25, 0.3) is 0 Å². The highest BCUT2D eigenvalue weighted by atomic mass is 19.1. The Bertz CT molecular complexity index is 569. The molecule has 0 atom stereocenters. The predicted octanol–water partition coefficient (Wildman–Crippen LogP) is 2.44. The Morgan fingerprint density at radius 3 is 2.79 bits per heavy atom. The van der Waals surface area contributed by atoms with Gasteiger partial charge in [-0.1, -0.05) is 12.1 Å². The molecule has 0 unspecified atom stereocenters. The molecular formula is C14H14FN3O. The molecule has 2 rings (SSSR count). The summed E-state index contributed by atoms with van der Waals surface area (Å²) in [5.74, 6) is 0.179. The molecule has 0 fully saturated rings. The first-order chi connectivity index (χ1) is 9.17. The number of benzene rings is 1. The molecule has 0 aliphatic rings. The van der Waals surface area contributed by atoms with Gasteiger partial charge in [0.1, 0.15) is 11.6 Å². The number of hydrogen-bond acceptors (Lipinski definition) is 3. The van der Waals surface area contributed by atoms with Crippen LogP contribution in [0.1, 0.15) is 5.56 Å². The maximum absolute atomic E-state index is 13.0. The van der Waals surface area contributed by atoms with Crippen molar-refractivity contribution in [3.63, 3.8) is 0 Å². The van der Waals surface area contributed by atoms with Crippen LogP contribution in [-0.2, 0) is 11.2 Å². The van der Waals surface area contributed by atoms with E-state index in [9.17, 15) is 9.18 Å². The number of carbonyl (C=O) groups is 1. The van der Waals surface area contributed by atoms with Gasteiger partial charge in [-0.3, -0.25) is 4.79 Å². The highest BCUT2D eigenvalue weighted by molar-refractivity contribution is 5.92. The molecule has 4 nitrogen and oxygen atoms in total. The van der Waals surface area contributed by atoms with Crippen molar-refractivity contribution in [2.45, 2.75) is 6.42 Å². The van der Waals surface area contributed by atoms with E-state index in [2.05, 4.69) is 15.6 Å². The topological polar surface area (TPSA) is 54.0 Å². The molecular weight excluding hydrogens is 245 g/mol. The summed E-state index contributed by atoms with van der Waals surface area (Å²) in [6.45, 7) is 0. The highest BCUT2D eigenvalue weighted by Gasteiger charge is 2.05. The third kappa shape index (κ3) is 3.77. The number of halogens is 1. The van der Waals surface area contributed by atoms with E-state index >= 15 is 0 Å². The zero-order valence-electron chi connectivity index (χ0n) is 10.5. The molecule has 2 aromatic rings. The van der Waals surface area contributed by atoms with Crippen LogP contribution in [0, 0.1) is 5.82 Å². The molecule has 1 heterocycles. The summed E-state index contributed by atoms with van der Waals surface area (Å²) in [6, 6.07) is 9.51. The molecule has 19 heavy (non-hydrogen) atoms. The van der Waals surface area contributed by atoms with Gasteiger partial charge in [-0.25, -0.2) is 9.37 Å². The van der Waals surface area contributed by atoms with Crippen LogP contribution in [0.3, 0.4) is 0 Å². The fraction of sp³-hybridized carbons (Fsp3) is 0.143. The second-order valence-electron chi connectivity index (χ2n) is 4.04. The summed E-state index contributed by atoms with van der Waals surface area (Å²) in [5, 5.41) is 5.60. The summed E-state index contributed by atoms with van der Waals surface area (Å²) in [4.78, 5) is 15.9. The standard InChI is InChI=1S/C14H14FN3O/c1-16-13-6-5-12(9-17-13)18-14(19)8-10-3-2-4-11(15)7-10/h2-7,9H,8H2,1H3,(H,16,17)(H,18,19). The lowest BCUT2D eigenvalue weighted by Crippen LogP contribution is -2.14. The zero-order valence-corrected chi connectivity index (χ0v) is 10.5. The molecule has 0 aliphatic heterocycles. The van der Waals surface area contributed by atoms with Crippen molar-refractivity contribution >= 4 is 17.4 Å². The largest absolute Gasteiger partial charge is 0.373 e. The van der Waals surface area contributed by atoms with E-state index in [0.717, 1.165) is 5.82 Å². The summed E-state index contributed by atoms with van der Waals surface area (Å²) in [7, 11) is 1.77. The molecule has 2 N–H and O–H groups in total. The molecule has 0 saturated heterocycles. The van der Waals surface area contributed by atoms with Gasteiger partial charge in [0.15, 0.2) is 0 Å². The number of nitrogens with zero attached hydrogens (tertiary/aromatic N) is 1. The van der Waals surface area contributed by atoms with Crippen LogP contribution in [0.15, 0.2) is 42.6 Å². The predicted molar refractivity (Wildman–Crippen MR) is 72.5 cm³/mol. The van der Waals surface area contributed by atoms with Crippen molar-refractivity contribution in [2.75, 3.05) is 17.7 Å². The molecule has 1 aromatic heterocycles. The number of rotatable bonds is 4. The van der Waals surface area contributed by atoms with Crippen LogP contribution < -0.4 is 10.6 Å². The smallest absolute Gasteiger partial charge is 0.228 e. The first kappa shape index (κ1) is 13.0. The minimum absolute atomic E-state index is 0.130. The van der Waals surface area contributed by atoms with Crippen LogP contribution in [0.4, 0.5) is 15.9 Å². The van der Waals surface area contributed by atoms with Crippen molar-refractivity contribution in [1.82, 2.24) is 4.98 Å². The number of anilines is 2. The van der Waals surface area contributed by atoms with Crippen LogP contribution in [0.5, 0.6) is 0 Å². The van der Waals surface area contributed by atoms with E-state index in [0.29, 0.717) is 11.3 Å². The Balaban J connectivity index is 1.97. The lowest BCUT2D eigenvalue weighted by Gasteiger charge is -2.06. The average molecular weight is 259 g/mol. The minimum Gasteiger partial charge on any atom is -0.373 e. The molecule has 0 aliphatic carbocycles. The van der Waals surface area contributed by atoms with Crippen molar-refractivity contribution < 1.29 is 9.18 Å².